The van der Waals surface area contributed by atoms with Crippen LogP contribution in [0.15, 0.2) is 48.5 Å². The minimum Gasteiger partial charge on any atom is -0.438 e. The van der Waals surface area contributed by atoms with Gasteiger partial charge in [-0.1, -0.05) is 24.3 Å². The monoisotopic (exact) mass is 264 g/mol. The van der Waals surface area contributed by atoms with E-state index in [1.807, 2.05) is 48.5 Å². The second-order valence-corrected chi connectivity index (χ2v) is 4.56. The Kier molecular flexibility index (Phi) is 3.10. The fourth-order valence-corrected chi connectivity index (χ4v) is 2.21. The van der Waals surface area contributed by atoms with Gasteiger partial charge in [0.05, 0.1) is 5.56 Å². The van der Waals surface area contributed by atoms with Crippen LogP contribution < -0.4 is 5.32 Å². The Morgan fingerprint density at radius 3 is 2.75 bits per heavy atom. The zero-order chi connectivity index (χ0) is 13.9. The molecule has 0 amide bonds. The lowest BCUT2D eigenvalue weighted by Gasteiger charge is -2.07. The van der Waals surface area contributed by atoms with Gasteiger partial charge in [-0.05, 0) is 29.8 Å². The number of esters is 1. The van der Waals surface area contributed by atoms with Gasteiger partial charge in [-0.2, -0.15) is 5.26 Å². The number of benzene rings is 2. The molecule has 1 aliphatic heterocycles. The van der Waals surface area contributed by atoms with E-state index in [-0.39, 0.29) is 0 Å². The summed E-state index contributed by atoms with van der Waals surface area (Å²) >= 11 is 0. The zero-order valence-electron chi connectivity index (χ0n) is 10.7. The number of cyclic esters (lactones) is 1. The van der Waals surface area contributed by atoms with Crippen molar-refractivity contribution in [3.05, 3.63) is 65.2 Å². The average Bonchev–Trinajstić information content (AvgIpc) is 2.82. The van der Waals surface area contributed by atoms with E-state index >= 15 is 0 Å². The van der Waals surface area contributed by atoms with E-state index in [0.717, 1.165) is 11.3 Å². The lowest BCUT2D eigenvalue weighted by atomic mass is 10.0. The number of carbonyl (C=O) groups is 1. The average molecular weight is 264 g/mol. The fourth-order valence-electron chi connectivity index (χ4n) is 2.21. The number of hydrogen-bond donors (Lipinski definition) is 1. The van der Waals surface area contributed by atoms with Crippen LogP contribution in [0.4, 0.5) is 5.69 Å². The summed E-state index contributed by atoms with van der Waals surface area (Å²) in [5.74, 6) is -0.422. The quantitative estimate of drug-likeness (QED) is 0.865. The highest BCUT2D eigenvalue weighted by molar-refractivity contribution is 5.94. The Bertz CT molecular complexity index is 689. The Labute approximate surface area is 116 Å². The van der Waals surface area contributed by atoms with Gasteiger partial charge in [-0.25, -0.2) is 4.79 Å². The molecular formula is C16H12N2O2. The van der Waals surface area contributed by atoms with Gasteiger partial charge in [0.15, 0.2) is 0 Å². The number of rotatable bonds is 3. The molecule has 0 aromatic heterocycles. The zero-order valence-corrected chi connectivity index (χ0v) is 10.7. The second kappa shape index (κ2) is 5.06. The van der Waals surface area contributed by atoms with E-state index in [0.29, 0.717) is 17.7 Å². The standard InChI is InChI=1S/C16H12N2O2/c17-9-15-14-8-11(6-7-13(14)16(19)20-15)10-18-12-4-2-1-3-5-12/h1-8,15,18H,10H2. The first kappa shape index (κ1) is 12.2. The molecule has 1 heterocycles. The molecule has 3 rings (SSSR count). The molecule has 0 saturated heterocycles. The number of para-hydroxylation sites is 1. The van der Waals surface area contributed by atoms with Gasteiger partial charge < -0.3 is 10.1 Å². The maximum Gasteiger partial charge on any atom is 0.340 e. The number of fused-ring (bicyclic) bond motifs is 1. The summed E-state index contributed by atoms with van der Waals surface area (Å²) in [6, 6.07) is 17.3. The van der Waals surface area contributed by atoms with E-state index in [4.69, 9.17) is 10.00 Å². The minimum absolute atomic E-state index is 0.422. The Morgan fingerprint density at radius 1 is 1.20 bits per heavy atom. The van der Waals surface area contributed by atoms with Crippen molar-refractivity contribution >= 4 is 11.7 Å². The Morgan fingerprint density at radius 2 is 2.00 bits per heavy atom. The van der Waals surface area contributed by atoms with Crippen LogP contribution in [0.5, 0.6) is 0 Å². The number of anilines is 1. The summed E-state index contributed by atoms with van der Waals surface area (Å²) in [6.07, 6.45) is -0.783. The summed E-state index contributed by atoms with van der Waals surface area (Å²) < 4.78 is 4.98. The lowest BCUT2D eigenvalue weighted by molar-refractivity contribution is 0.0478. The maximum atomic E-state index is 11.5. The van der Waals surface area contributed by atoms with Gasteiger partial charge in [-0.15, -0.1) is 0 Å². The van der Waals surface area contributed by atoms with E-state index in [1.54, 1.807) is 6.07 Å². The summed E-state index contributed by atoms with van der Waals surface area (Å²) in [5.41, 5.74) is 3.17. The number of nitriles is 1. The van der Waals surface area contributed by atoms with Crippen LogP contribution >= 0.6 is 0 Å². The summed E-state index contributed by atoms with van der Waals surface area (Å²) in [7, 11) is 0. The van der Waals surface area contributed by atoms with Gasteiger partial charge in [0.2, 0.25) is 6.10 Å². The number of nitrogens with one attached hydrogen (secondary N) is 1. The number of hydrogen-bond acceptors (Lipinski definition) is 4. The summed E-state index contributed by atoms with van der Waals surface area (Å²) in [4.78, 5) is 11.5. The van der Waals surface area contributed by atoms with Crippen LogP contribution in [0.3, 0.4) is 0 Å². The van der Waals surface area contributed by atoms with Crippen molar-refractivity contribution in [2.45, 2.75) is 12.6 Å². The van der Waals surface area contributed by atoms with Crippen molar-refractivity contribution in [3.63, 3.8) is 0 Å². The molecule has 0 fully saturated rings. The third kappa shape index (κ3) is 2.21. The third-order valence-corrected chi connectivity index (χ3v) is 3.23. The first-order valence-electron chi connectivity index (χ1n) is 6.30. The van der Waals surface area contributed by atoms with Crippen LogP contribution in [0.2, 0.25) is 0 Å². The third-order valence-electron chi connectivity index (χ3n) is 3.23. The number of nitrogens with zero attached hydrogens (tertiary/aromatic N) is 1. The highest BCUT2D eigenvalue weighted by Gasteiger charge is 2.30. The van der Waals surface area contributed by atoms with Gasteiger partial charge >= 0.3 is 5.97 Å². The van der Waals surface area contributed by atoms with E-state index in [2.05, 4.69) is 5.32 Å². The lowest BCUT2D eigenvalue weighted by Crippen LogP contribution is -2.01. The van der Waals surface area contributed by atoms with Gasteiger partial charge in [0, 0.05) is 17.8 Å². The number of carbonyl (C=O) groups excluding carboxylic acids is 1. The van der Waals surface area contributed by atoms with Crippen molar-refractivity contribution in [2.24, 2.45) is 0 Å². The molecule has 20 heavy (non-hydrogen) atoms. The largest absolute Gasteiger partial charge is 0.438 e. The normalized spacial score (nSPS) is 16.1. The molecule has 1 N–H and O–H groups in total. The molecule has 0 spiro atoms. The predicted molar refractivity (Wildman–Crippen MR) is 74.0 cm³/mol. The van der Waals surface area contributed by atoms with Crippen molar-refractivity contribution in [2.75, 3.05) is 5.32 Å². The van der Waals surface area contributed by atoms with Gasteiger partial charge in [0.1, 0.15) is 6.07 Å². The van der Waals surface area contributed by atoms with Crippen LogP contribution in [0.25, 0.3) is 0 Å². The first-order valence-corrected chi connectivity index (χ1v) is 6.30. The molecule has 0 aliphatic carbocycles. The summed E-state index contributed by atoms with van der Waals surface area (Å²) in [6.45, 7) is 0.629. The van der Waals surface area contributed by atoms with Crippen LogP contribution in [-0.2, 0) is 11.3 Å². The van der Waals surface area contributed by atoms with Crippen molar-refractivity contribution < 1.29 is 9.53 Å². The molecule has 2 aromatic carbocycles. The Balaban J connectivity index is 1.80. The SMILES string of the molecule is N#CC1OC(=O)c2ccc(CNc3ccccc3)cc21. The molecule has 1 aliphatic rings. The molecule has 0 radical (unpaired) electrons. The molecule has 1 atom stereocenters. The molecule has 0 bridgehead atoms. The molecule has 0 saturated carbocycles. The highest BCUT2D eigenvalue weighted by atomic mass is 16.5. The first-order chi connectivity index (χ1) is 9.78. The van der Waals surface area contributed by atoms with Gasteiger partial charge in [-0.3, -0.25) is 0 Å². The number of ether oxygens (including phenoxy) is 1. The van der Waals surface area contributed by atoms with Crippen molar-refractivity contribution in [1.82, 2.24) is 0 Å². The van der Waals surface area contributed by atoms with E-state index in [1.165, 1.54) is 0 Å². The molecule has 4 nitrogen and oxygen atoms in total. The molecule has 98 valence electrons. The topological polar surface area (TPSA) is 62.1 Å². The Hall–Kier alpha value is -2.80. The predicted octanol–water partition coefficient (Wildman–Crippen LogP) is 3.03. The molecule has 1 unspecified atom stereocenters. The molecular weight excluding hydrogens is 252 g/mol. The fraction of sp³-hybridized carbons (Fsp3) is 0.125. The maximum absolute atomic E-state index is 11.5. The van der Waals surface area contributed by atoms with Crippen LogP contribution in [0.1, 0.15) is 27.6 Å². The van der Waals surface area contributed by atoms with Crippen LogP contribution in [-0.4, -0.2) is 5.97 Å². The van der Waals surface area contributed by atoms with E-state index in [9.17, 15) is 4.79 Å². The highest BCUT2D eigenvalue weighted by Crippen LogP contribution is 2.30. The van der Waals surface area contributed by atoms with Crippen molar-refractivity contribution in [1.29, 1.82) is 5.26 Å². The van der Waals surface area contributed by atoms with Crippen LogP contribution in [0, 0.1) is 11.3 Å². The molecule has 2 aromatic rings. The van der Waals surface area contributed by atoms with Gasteiger partial charge in [0.25, 0.3) is 0 Å². The van der Waals surface area contributed by atoms with Crippen molar-refractivity contribution in [3.8, 4) is 6.07 Å². The minimum atomic E-state index is -0.783. The van der Waals surface area contributed by atoms with E-state index < -0.39 is 12.1 Å². The second-order valence-electron chi connectivity index (χ2n) is 4.56. The smallest absolute Gasteiger partial charge is 0.340 e. The molecule has 4 heteroatoms. The summed E-state index contributed by atoms with van der Waals surface area (Å²) in [5, 5.41) is 12.3.